The number of aliphatic hydroxyl groups is 1. The van der Waals surface area contributed by atoms with E-state index >= 15 is 0 Å². The monoisotopic (exact) mass is 1080 g/mol. The van der Waals surface area contributed by atoms with Crippen LogP contribution < -0.4 is 0 Å². The van der Waals surface area contributed by atoms with Crippen LogP contribution >= 0.6 is 0 Å². The van der Waals surface area contributed by atoms with Crippen molar-refractivity contribution in [3.05, 3.63) is 34.7 Å². The van der Waals surface area contributed by atoms with E-state index in [0.717, 1.165) is 68.9 Å². The van der Waals surface area contributed by atoms with Gasteiger partial charge in [0.2, 0.25) is 0 Å². The zero-order valence-electron chi connectivity index (χ0n) is 45.7. The molecule has 26 atom stereocenters. The number of fused-ring (bicyclic) bond motifs is 12. The average Bonchev–Trinajstić information content (AvgIpc) is 4.10. The number of azide groups is 1. The molecule has 0 radical (unpaired) electrons. The first kappa shape index (κ1) is 55.2. The number of methoxy groups -OCH3 is 1. The lowest BCUT2D eigenvalue weighted by Gasteiger charge is -2.48. The lowest BCUT2D eigenvalue weighted by molar-refractivity contribution is -0.278. The third kappa shape index (κ3) is 12.1. The van der Waals surface area contributed by atoms with E-state index in [-0.39, 0.29) is 140 Å². The molecule has 12 heterocycles. The number of hydrogen-bond acceptors (Lipinski definition) is 17. The minimum atomic E-state index is -0.862. The van der Waals surface area contributed by atoms with Crippen molar-refractivity contribution in [3.63, 3.8) is 0 Å². The molecule has 5 unspecified atom stereocenters. The highest BCUT2D eigenvalue weighted by Crippen LogP contribution is 2.50. The molecule has 19 heteroatoms. The van der Waals surface area contributed by atoms with E-state index in [1.807, 2.05) is 0 Å². The van der Waals surface area contributed by atoms with Gasteiger partial charge in [0.05, 0.1) is 135 Å². The van der Waals surface area contributed by atoms with E-state index in [4.69, 9.17) is 71.8 Å². The van der Waals surface area contributed by atoms with Crippen molar-refractivity contribution < 1.29 is 76.2 Å². The maximum absolute atomic E-state index is 14.4. The summed E-state index contributed by atoms with van der Waals surface area (Å²) >= 11 is 0. The van der Waals surface area contributed by atoms with Crippen LogP contribution in [0.4, 0.5) is 0 Å². The Morgan fingerprint density at radius 3 is 2.23 bits per heavy atom. The maximum Gasteiger partial charge on any atom is 0.308 e. The molecule has 12 aliphatic rings. The number of hydrogen-bond donors (Lipinski definition) is 1. The standard InChI is InChI=1S/C58H87N3O16/c1-30-15-18-66-44(39(62)7-6-17-65-41-12-10-37(29-60-61-59)71-55(30)41)21-38-22-45-46(69-38)25-48-49(73-45)26-50-47(74-48)24-43-33(4)31(2)19-34(68-43)8-11-40-32(3)20-36(67-40)14-16-58-28-53(64-5)57(77-58)51-27-52(76-58)56-42(72-51)13-9-35(70-56)23-54(63)75-50/h30-31,34-53,55-57,62H,3-4,6-29H2,1-2,5H3/t30-,31+,34-,35+,36?,37-,38?,39-,40-,41-,42-,43+,44-,45?,46+,47?,48-,49?,50+,51+,52+,53+,55-,56-,57+,58+/m0/s1. The summed E-state index contributed by atoms with van der Waals surface area (Å²) in [7, 11) is 1.74. The van der Waals surface area contributed by atoms with Gasteiger partial charge in [0.15, 0.2) is 5.79 Å². The highest BCUT2D eigenvalue weighted by atomic mass is 16.7. The molecule has 0 aliphatic carbocycles. The summed E-state index contributed by atoms with van der Waals surface area (Å²) in [6, 6.07) is 0. The quantitative estimate of drug-likeness (QED) is 0.0923. The summed E-state index contributed by atoms with van der Waals surface area (Å²) < 4.78 is 94.2. The zero-order valence-corrected chi connectivity index (χ0v) is 45.7. The third-order valence-corrected chi connectivity index (χ3v) is 19.9. The Bertz CT molecular complexity index is 2130. The summed E-state index contributed by atoms with van der Waals surface area (Å²) in [5.74, 6) is -0.825. The Morgan fingerprint density at radius 2 is 1.39 bits per heavy atom. The van der Waals surface area contributed by atoms with Crippen LogP contribution in [0.2, 0.25) is 0 Å². The van der Waals surface area contributed by atoms with Crippen LogP contribution in [-0.2, 0) is 71.1 Å². The number of aliphatic hydroxyl groups excluding tert-OH is 1. The fraction of sp³-hybridized carbons (Fsp3) is 0.914. The van der Waals surface area contributed by atoms with Crippen molar-refractivity contribution in [3.8, 4) is 0 Å². The molecule has 77 heavy (non-hydrogen) atoms. The number of nitrogens with zero attached hydrogens (tertiary/aromatic N) is 3. The molecule has 0 aromatic rings. The summed E-state index contributed by atoms with van der Waals surface area (Å²) in [6.07, 6.45) is 8.06. The number of esters is 1. The summed E-state index contributed by atoms with van der Waals surface area (Å²) in [5, 5.41) is 15.3. The van der Waals surface area contributed by atoms with Crippen molar-refractivity contribution in [1.29, 1.82) is 0 Å². The van der Waals surface area contributed by atoms with E-state index in [0.29, 0.717) is 90.4 Å². The molecule has 1 N–H and O–H groups in total. The van der Waals surface area contributed by atoms with Crippen molar-refractivity contribution >= 4 is 5.97 Å². The summed E-state index contributed by atoms with van der Waals surface area (Å²) in [4.78, 5) is 17.3. The summed E-state index contributed by atoms with van der Waals surface area (Å²) in [5.41, 5.74) is 11.1. The van der Waals surface area contributed by atoms with Crippen molar-refractivity contribution in [2.75, 3.05) is 26.9 Å². The van der Waals surface area contributed by atoms with Crippen LogP contribution in [0.5, 0.6) is 0 Å². The smallest absolute Gasteiger partial charge is 0.308 e. The first-order valence-electron chi connectivity index (χ1n) is 30.0. The first-order chi connectivity index (χ1) is 37.4. The highest BCUT2D eigenvalue weighted by molar-refractivity contribution is 5.70. The van der Waals surface area contributed by atoms with Gasteiger partial charge in [-0.25, -0.2) is 0 Å². The number of ether oxygens (including phenoxy) is 14. The van der Waals surface area contributed by atoms with Crippen LogP contribution in [0.25, 0.3) is 10.4 Å². The number of rotatable bonds is 5. The molecule has 10 bridgehead atoms. The Morgan fingerprint density at radius 1 is 0.649 bits per heavy atom. The fourth-order valence-electron chi connectivity index (χ4n) is 15.7. The van der Waals surface area contributed by atoms with Gasteiger partial charge in [0.1, 0.15) is 18.3 Å². The van der Waals surface area contributed by atoms with Gasteiger partial charge in [0.25, 0.3) is 0 Å². The normalized spacial score (nSPS) is 50.6. The maximum atomic E-state index is 14.4. The van der Waals surface area contributed by atoms with E-state index < -0.39 is 30.2 Å². The number of carbonyl (C=O) groups is 1. The van der Waals surface area contributed by atoms with Gasteiger partial charge in [-0.05, 0) is 106 Å². The third-order valence-electron chi connectivity index (χ3n) is 19.9. The number of carbonyl (C=O) groups excluding carboxylic acids is 1. The van der Waals surface area contributed by atoms with E-state index in [9.17, 15) is 9.90 Å². The van der Waals surface area contributed by atoms with Crippen molar-refractivity contribution in [2.45, 2.75) is 295 Å². The Hall–Kier alpha value is -2.30. The topological polar surface area (TPSA) is 215 Å². The Balaban J connectivity index is 0.727. The Labute approximate surface area is 454 Å². The van der Waals surface area contributed by atoms with Crippen molar-refractivity contribution in [1.82, 2.24) is 0 Å². The van der Waals surface area contributed by atoms with Crippen LogP contribution in [0, 0.1) is 11.8 Å². The van der Waals surface area contributed by atoms with Gasteiger partial charge in [0, 0.05) is 76.6 Å². The lowest BCUT2D eigenvalue weighted by atomic mass is 9.83. The molecule has 0 saturated carbocycles. The van der Waals surface area contributed by atoms with Gasteiger partial charge in [-0.2, -0.15) is 0 Å². The van der Waals surface area contributed by atoms with E-state index in [1.54, 1.807) is 7.11 Å². The minimum absolute atomic E-state index is 0.00836. The second-order valence-electron chi connectivity index (χ2n) is 25.2. The van der Waals surface area contributed by atoms with Crippen LogP contribution in [0.1, 0.15) is 149 Å². The molecule has 0 amide bonds. The molecule has 19 nitrogen and oxygen atoms in total. The average molecular weight is 1080 g/mol. The van der Waals surface area contributed by atoms with Crippen LogP contribution in [0.15, 0.2) is 29.4 Å². The molecular formula is C58H87N3O16. The summed E-state index contributed by atoms with van der Waals surface area (Å²) in [6.45, 7) is 14.7. The van der Waals surface area contributed by atoms with Gasteiger partial charge in [-0.3, -0.25) is 4.79 Å². The molecule has 12 saturated heterocycles. The molecule has 12 rings (SSSR count). The van der Waals surface area contributed by atoms with Crippen LogP contribution in [0.3, 0.4) is 0 Å². The van der Waals surface area contributed by atoms with Gasteiger partial charge in [-0.15, -0.1) is 0 Å². The molecule has 0 aromatic carbocycles. The predicted molar refractivity (Wildman–Crippen MR) is 276 cm³/mol. The largest absolute Gasteiger partial charge is 0.459 e. The predicted octanol–water partition coefficient (Wildman–Crippen LogP) is 7.59. The van der Waals surface area contributed by atoms with Gasteiger partial charge >= 0.3 is 5.97 Å². The fourth-order valence-corrected chi connectivity index (χ4v) is 15.7. The van der Waals surface area contributed by atoms with E-state index in [1.165, 1.54) is 0 Å². The first-order valence-corrected chi connectivity index (χ1v) is 30.0. The molecular weight excluding hydrogens is 995 g/mol. The van der Waals surface area contributed by atoms with Crippen molar-refractivity contribution in [2.24, 2.45) is 17.0 Å². The molecule has 12 fully saturated rings. The molecule has 430 valence electrons. The molecule has 12 aliphatic heterocycles. The molecule has 0 aromatic heterocycles. The lowest BCUT2D eigenvalue weighted by Crippen LogP contribution is -2.58. The zero-order chi connectivity index (χ0) is 53.0. The van der Waals surface area contributed by atoms with Gasteiger partial charge < -0.3 is 71.4 Å². The van der Waals surface area contributed by atoms with E-state index in [2.05, 4.69) is 37.0 Å². The second-order valence-corrected chi connectivity index (χ2v) is 25.2. The SMILES string of the molecule is C=C1CC2CC[C@]34C[C@@H](OC)[C@H](O3)[C@H]3C[C@@H](O4)[C@H]4O[C@H](CC[C@@H]4O3)CC(=O)O[C@@H]3CC4OC5CC(C[C@@H]6OCC[C@H](C)[C@@H]7O[C@H](CN=[N+]=[N-])CC[C@@H]7OCCC[C@@H]6O)O[C@@H]5C[C@@H]4OC3C[C@H]3O[C@@H](CC[C@@H]1O2)C[C@@H](C)C3=C. The molecule has 1 spiro atoms. The second kappa shape index (κ2) is 23.9. The van der Waals surface area contributed by atoms with Gasteiger partial charge in [-0.1, -0.05) is 32.1 Å². The highest BCUT2D eigenvalue weighted by Gasteiger charge is 2.60. The minimum Gasteiger partial charge on any atom is -0.459 e. The Kier molecular flexibility index (Phi) is 17.1. The van der Waals surface area contributed by atoms with Crippen LogP contribution in [-0.4, -0.2) is 184 Å².